The highest BCUT2D eigenvalue weighted by Crippen LogP contribution is 2.40. The van der Waals surface area contributed by atoms with Crippen molar-refractivity contribution < 1.29 is 47.6 Å². The summed E-state index contributed by atoms with van der Waals surface area (Å²) >= 11 is 0. The minimum Gasteiger partial charge on any atom is -0.497 e. The summed E-state index contributed by atoms with van der Waals surface area (Å²) in [4.78, 5) is 63.3. The molecule has 2 aliphatic rings. The molecule has 13 nitrogen and oxygen atoms in total. The van der Waals surface area contributed by atoms with E-state index in [2.05, 4.69) is 0 Å². The second-order valence-electron chi connectivity index (χ2n) is 11.3. The molecule has 46 heavy (non-hydrogen) atoms. The van der Waals surface area contributed by atoms with Crippen molar-refractivity contribution in [2.45, 2.75) is 96.4 Å². The Hall–Kier alpha value is -4.70. The number of pyridine rings is 1. The number of methoxy groups -OCH3 is 1. The third kappa shape index (κ3) is 7.74. The fourth-order valence-corrected chi connectivity index (χ4v) is 6.14. The van der Waals surface area contributed by atoms with Crippen molar-refractivity contribution in [3.05, 3.63) is 51.9 Å². The highest BCUT2D eigenvalue weighted by atomic mass is 16.7. The van der Waals surface area contributed by atoms with Crippen molar-refractivity contribution in [2.75, 3.05) is 13.7 Å². The third-order valence-corrected chi connectivity index (χ3v) is 8.03. The summed E-state index contributed by atoms with van der Waals surface area (Å²) in [6, 6.07) is 10.7. The highest BCUT2D eigenvalue weighted by Gasteiger charge is 2.53. The van der Waals surface area contributed by atoms with Crippen molar-refractivity contribution in [1.82, 2.24) is 4.57 Å². The maximum absolute atomic E-state index is 14.5. The number of rotatable bonds is 9. The molecule has 0 spiro atoms. The molecule has 1 aromatic heterocycles. The maximum atomic E-state index is 14.5. The Kier molecular flexibility index (Phi) is 11.2. The molecule has 0 unspecified atom stereocenters. The zero-order valence-electron chi connectivity index (χ0n) is 26.5. The van der Waals surface area contributed by atoms with Crippen LogP contribution in [0, 0.1) is 11.3 Å². The van der Waals surface area contributed by atoms with Crippen LogP contribution in [0.25, 0.3) is 11.1 Å². The van der Waals surface area contributed by atoms with Gasteiger partial charge < -0.3 is 28.4 Å². The van der Waals surface area contributed by atoms with Gasteiger partial charge in [0.15, 0.2) is 24.5 Å². The summed E-state index contributed by atoms with van der Waals surface area (Å²) in [5, 5.41) is 10.3. The number of hydrogen-bond donors (Lipinski definition) is 0. The molecule has 5 atom stereocenters. The van der Waals surface area contributed by atoms with Crippen LogP contribution in [-0.2, 0) is 42.9 Å². The van der Waals surface area contributed by atoms with Crippen LogP contribution in [-0.4, -0.2) is 66.6 Å². The molecule has 1 aliphatic carbocycles. The van der Waals surface area contributed by atoms with Crippen molar-refractivity contribution in [3.63, 3.8) is 0 Å². The van der Waals surface area contributed by atoms with Gasteiger partial charge in [-0.05, 0) is 42.5 Å². The second kappa shape index (κ2) is 15.1. The van der Waals surface area contributed by atoms with Gasteiger partial charge in [-0.3, -0.25) is 28.5 Å². The lowest BCUT2D eigenvalue weighted by Crippen LogP contribution is -2.61. The summed E-state index contributed by atoms with van der Waals surface area (Å²) in [6.07, 6.45) is -2.80. The van der Waals surface area contributed by atoms with Gasteiger partial charge in [0.05, 0.1) is 7.11 Å². The van der Waals surface area contributed by atoms with E-state index in [4.69, 9.17) is 28.4 Å². The number of carbonyl (C=O) groups excluding carboxylic acids is 4. The molecule has 0 bridgehead atoms. The van der Waals surface area contributed by atoms with Crippen LogP contribution in [0.2, 0.25) is 0 Å². The topological polar surface area (TPSA) is 169 Å². The minimum atomic E-state index is -1.50. The summed E-state index contributed by atoms with van der Waals surface area (Å²) in [5.74, 6) is -2.56. The van der Waals surface area contributed by atoms with E-state index in [0.717, 1.165) is 52.9 Å². The number of aromatic nitrogens is 1. The van der Waals surface area contributed by atoms with E-state index in [9.17, 15) is 29.2 Å². The minimum absolute atomic E-state index is 0.141. The van der Waals surface area contributed by atoms with Crippen LogP contribution in [0.3, 0.4) is 0 Å². The quantitative estimate of drug-likeness (QED) is 0.289. The standard InChI is InChI=1S/C33H38N2O11/c1-18(36)42-17-28-29(43-19(2)37)30(44-20(3)38)31(45-21(4)39)33(46-28)35-27(23-9-7-6-8-10-23)15-25(26(16-34)32(35)40)22-11-13-24(41-5)14-12-22/h11-15,23,28-31,33H,6-10,17H2,1-5H3/t28-,29-,30+,31-,33-/m1/s1. The van der Waals surface area contributed by atoms with Gasteiger partial charge in [0.25, 0.3) is 5.56 Å². The number of esters is 4. The van der Waals surface area contributed by atoms with E-state index in [1.54, 1.807) is 30.3 Å². The van der Waals surface area contributed by atoms with E-state index < -0.39 is 66.7 Å². The van der Waals surface area contributed by atoms with Crippen LogP contribution in [0.15, 0.2) is 35.1 Å². The molecule has 2 aromatic rings. The van der Waals surface area contributed by atoms with Gasteiger partial charge in [0.2, 0.25) is 0 Å². The highest BCUT2D eigenvalue weighted by molar-refractivity contribution is 5.71. The molecular formula is C33H38N2O11. The maximum Gasteiger partial charge on any atom is 0.303 e. The normalized spacial score (nSPS) is 23.0. The molecule has 13 heteroatoms. The Morgan fingerprint density at radius 1 is 0.870 bits per heavy atom. The van der Waals surface area contributed by atoms with Crippen LogP contribution in [0.5, 0.6) is 5.75 Å². The van der Waals surface area contributed by atoms with E-state index in [1.165, 1.54) is 18.6 Å². The van der Waals surface area contributed by atoms with Crippen molar-refractivity contribution in [3.8, 4) is 22.9 Å². The monoisotopic (exact) mass is 638 g/mol. The fraction of sp³-hybridized carbons (Fsp3) is 0.515. The summed E-state index contributed by atoms with van der Waals surface area (Å²) in [7, 11) is 1.53. The summed E-state index contributed by atoms with van der Waals surface area (Å²) < 4.78 is 34.9. The van der Waals surface area contributed by atoms with Gasteiger partial charge in [-0.1, -0.05) is 31.4 Å². The second-order valence-corrected chi connectivity index (χ2v) is 11.3. The lowest BCUT2D eigenvalue weighted by molar-refractivity contribution is -0.269. The van der Waals surface area contributed by atoms with E-state index in [1.807, 2.05) is 6.07 Å². The predicted molar refractivity (Wildman–Crippen MR) is 160 cm³/mol. The van der Waals surface area contributed by atoms with Gasteiger partial charge in [0.1, 0.15) is 30.1 Å². The molecule has 0 amide bonds. The predicted octanol–water partition coefficient (Wildman–Crippen LogP) is 3.70. The SMILES string of the molecule is COc1ccc(-c2cc(C3CCCCC3)n([C@@H]3O[C@H](COC(C)=O)[C@@H](OC(C)=O)[C@H](OC(C)=O)[C@H]3OC(C)=O)c(=O)c2C#N)cc1. The van der Waals surface area contributed by atoms with Crippen LogP contribution < -0.4 is 10.3 Å². The largest absolute Gasteiger partial charge is 0.497 e. The molecule has 1 aromatic carbocycles. The first kappa shape index (κ1) is 34.2. The van der Waals surface area contributed by atoms with Gasteiger partial charge in [0, 0.05) is 39.0 Å². The molecule has 4 rings (SSSR count). The third-order valence-electron chi connectivity index (χ3n) is 8.03. The van der Waals surface area contributed by atoms with Gasteiger partial charge in [-0.25, -0.2) is 0 Å². The fourth-order valence-electron chi connectivity index (χ4n) is 6.14. The Morgan fingerprint density at radius 2 is 1.46 bits per heavy atom. The van der Waals surface area contributed by atoms with Crippen molar-refractivity contribution >= 4 is 23.9 Å². The molecule has 1 saturated heterocycles. The first-order valence-electron chi connectivity index (χ1n) is 15.1. The molecule has 1 aliphatic heterocycles. The first-order chi connectivity index (χ1) is 21.9. The van der Waals surface area contributed by atoms with E-state index >= 15 is 0 Å². The average Bonchev–Trinajstić information content (AvgIpc) is 3.01. The van der Waals surface area contributed by atoms with Gasteiger partial charge in [-0.15, -0.1) is 0 Å². The number of nitrogens with zero attached hydrogens (tertiary/aromatic N) is 2. The number of nitriles is 1. The lowest BCUT2D eigenvalue weighted by atomic mass is 9.84. The molecule has 0 radical (unpaired) electrons. The van der Waals surface area contributed by atoms with E-state index in [0.29, 0.717) is 22.6 Å². The van der Waals surface area contributed by atoms with Crippen LogP contribution in [0.1, 0.15) is 83.2 Å². The van der Waals surface area contributed by atoms with Gasteiger partial charge in [-0.2, -0.15) is 5.26 Å². The van der Waals surface area contributed by atoms with Crippen LogP contribution in [0.4, 0.5) is 0 Å². The Balaban J connectivity index is 1.99. The number of hydrogen-bond acceptors (Lipinski definition) is 12. The first-order valence-corrected chi connectivity index (χ1v) is 15.1. The molecular weight excluding hydrogens is 600 g/mol. The average molecular weight is 639 g/mol. The Morgan fingerprint density at radius 3 is 2.00 bits per heavy atom. The smallest absolute Gasteiger partial charge is 0.303 e. The van der Waals surface area contributed by atoms with Crippen molar-refractivity contribution in [1.29, 1.82) is 5.26 Å². The molecule has 1 saturated carbocycles. The van der Waals surface area contributed by atoms with E-state index in [-0.39, 0.29) is 11.5 Å². The lowest BCUT2D eigenvalue weighted by Gasteiger charge is -2.45. The summed E-state index contributed by atoms with van der Waals surface area (Å²) in [6.45, 7) is 4.11. The zero-order chi connectivity index (χ0) is 33.5. The zero-order valence-corrected chi connectivity index (χ0v) is 26.5. The van der Waals surface area contributed by atoms with Crippen LogP contribution >= 0.6 is 0 Å². The van der Waals surface area contributed by atoms with Crippen molar-refractivity contribution in [2.24, 2.45) is 0 Å². The molecule has 2 fully saturated rings. The number of benzene rings is 1. The Bertz CT molecular complexity index is 1550. The number of ether oxygens (including phenoxy) is 6. The van der Waals surface area contributed by atoms with Gasteiger partial charge >= 0.3 is 23.9 Å². The molecule has 2 heterocycles. The molecule has 0 N–H and O–H groups in total. The number of carbonyl (C=O) groups is 4. The summed E-state index contributed by atoms with van der Waals surface area (Å²) in [5.41, 5.74) is 0.614. The Labute approximate surface area is 266 Å². The molecule has 246 valence electrons.